The van der Waals surface area contributed by atoms with Gasteiger partial charge in [-0.15, -0.1) is 0 Å². The first-order valence-corrected chi connectivity index (χ1v) is 8.91. The average molecular weight is 286 g/mol. The molecule has 116 valence electrons. The van der Waals surface area contributed by atoms with Crippen molar-refractivity contribution >= 4 is 0 Å². The van der Waals surface area contributed by atoms with E-state index in [2.05, 4.69) is 47.5 Å². The highest BCUT2D eigenvalue weighted by Gasteiger charge is 2.35. The summed E-state index contributed by atoms with van der Waals surface area (Å²) in [6.07, 6.45) is 8.17. The maximum Gasteiger partial charge on any atom is 0.0235 e. The molecule has 1 saturated carbocycles. The van der Waals surface area contributed by atoms with Crippen molar-refractivity contribution < 1.29 is 0 Å². The van der Waals surface area contributed by atoms with Gasteiger partial charge in [-0.3, -0.25) is 4.90 Å². The molecule has 1 saturated heterocycles. The van der Waals surface area contributed by atoms with Crippen LogP contribution in [0.4, 0.5) is 0 Å². The largest absolute Gasteiger partial charge is 0.315 e. The van der Waals surface area contributed by atoms with Gasteiger partial charge in [-0.25, -0.2) is 0 Å². The molecule has 1 aliphatic carbocycles. The van der Waals surface area contributed by atoms with Gasteiger partial charge < -0.3 is 5.32 Å². The van der Waals surface area contributed by atoms with Crippen LogP contribution in [-0.4, -0.2) is 36.6 Å². The van der Waals surface area contributed by atoms with Gasteiger partial charge >= 0.3 is 0 Å². The minimum atomic E-state index is 0.743. The predicted octanol–water partition coefficient (Wildman–Crippen LogP) is 3.79. The first-order chi connectivity index (χ1) is 10.4. The molecular weight excluding hydrogens is 256 g/mol. The summed E-state index contributed by atoms with van der Waals surface area (Å²) in [5.74, 6) is 0.743. The van der Waals surface area contributed by atoms with Gasteiger partial charge in [0, 0.05) is 18.6 Å². The van der Waals surface area contributed by atoms with Gasteiger partial charge in [0.1, 0.15) is 0 Å². The Kier molecular flexibility index (Phi) is 5.32. The summed E-state index contributed by atoms with van der Waals surface area (Å²) in [6, 6.07) is 12.8. The Bertz CT molecular complexity index is 411. The molecule has 2 fully saturated rings. The molecule has 1 aromatic carbocycles. The quantitative estimate of drug-likeness (QED) is 0.886. The van der Waals surface area contributed by atoms with Gasteiger partial charge in [-0.05, 0) is 50.3 Å². The third kappa shape index (κ3) is 3.49. The molecule has 1 heterocycles. The van der Waals surface area contributed by atoms with Crippen LogP contribution in [0.1, 0.15) is 56.9 Å². The van der Waals surface area contributed by atoms with Crippen molar-refractivity contribution in [2.75, 3.05) is 19.6 Å². The van der Waals surface area contributed by atoms with Crippen LogP contribution in [0.5, 0.6) is 0 Å². The van der Waals surface area contributed by atoms with Crippen molar-refractivity contribution in [2.45, 2.75) is 63.5 Å². The van der Waals surface area contributed by atoms with E-state index in [4.69, 9.17) is 0 Å². The lowest BCUT2D eigenvalue weighted by Gasteiger charge is -2.43. The van der Waals surface area contributed by atoms with E-state index in [1.807, 2.05) is 0 Å². The van der Waals surface area contributed by atoms with E-state index in [0.29, 0.717) is 0 Å². The molecule has 0 spiro atoms. The summed E-state index contributed by atoms with van der Waals surface area (Å²) < 4.78 is 0. The number of nitrogens with zero attached hydrogens (tertiary/aromatic N) is 1. The molecule has 2 heteroatoms. The molecule has 3 rings (SSSR count). The molecule has 1 aliphatic heterocycles. The zero-order valence-electron chi connectivity index (χ0n) is 13.4. The van der Waals surface area contributed by atoms with Crippen molar-refractivity contribution in [3.8, 4) is 0 Å². The second-order valence-electron chi connectivity index (χ2n) is 6.75. The van der Waals surface area contributed by atoms with Crippen LogP contribution in [-0.2, 0) is 0 Å². The summed E-state index contributed by atoms with van der Waals surface area (Å²) in [7, 11) is 0. The lowest BCUT2D eigenvalue weighted by atomic mass is 9.78. The average Bonchev–Trinajstić information content (AvgIpc) is 3.08. The molecule has 0 radical (unpaired) electrons. The molecular formula is C19H30N2. The highest BCUT2D eigenvalue weighted by Crippen LogP contribution is 2.37. The third-order valence-corrected chi connectivity index (χ3v) is 5.37. The highest BCUT2D eigenvalue weighted by atomic mass is 15.2. The highest BCUT2D eigenvalue weighted by molar-refractivity contribution is 5.22. The fraction of sp³-hybridized carbons (Fsp3) is 0.684. The Hall–Kier alpha value is -0.860. The smallest absolute Gasteiger partial charge is 0.0235 e. The van der Waals surface area contributed by atoms with E-state index in [1.165, 1.54) is 58.2 Å². The van der Waals surface area contributed by atoms with Crippen LogP contribution in [0.15, 0.2) is 30.3 Å². The van der Waals surface area contributed by atoms with Gasteiger partial charge in [0.2, 0.25) is 0 Å². The van der Waals surface area contributed by atoms with Crippen molar-refractivity contribution in [1.29, 1.82) is 0 Å². The summed E-state index contributed by atoms with van der Waals surface area (Å²) in [5.41, 5.74) is 1.56. The van der Waals surface area contributed by atoms with E-state index in [0.717, 1.165) is 18.0 Å². The topological polar surface area (TPSA) is 15.3 Å². The van der Waals surface area contributed by atoms with Crippen molar-refractivity contribution in [3.05, 3.63) is 35.9 Å². The lowest BCUT2D eigenvalue weighted by molar-refractivity contribution is 0.0955. The van der Waals surface area contributed by atoms with Gasteiger partial charge in [0.15, 0.2) is 0 Å². The Balaban J connectivity index is 1.80. The number of rotatable bonds is 5. The molecule has 2 aliphatic rings. The predicted molar refractivity (Wildman–Crippen MR) is 89.7 cm³/mol. The van der Waals surface area contributed by atoms with Crippen LogP contribution in [0.3, 0.4) is 0 Å². The molecule has 3 unspecified atom stereocenters. The first kappa shape index (κ1) is 15.1. The standard InChI is InChI=1S/C19H30N2/c1-2-14-21(17-12-13-20-15-17)19-11-7-6-10-18(19)16-8-4-3-5-9-16/h3-5,8-9,17-20H,2,6-7,10-15H2,1H3. The second kappa shape index (κ2) is 7.42. The molecule has 3 atom stereocenters. The normalized spacial score (nSPS) is 29.9. The summed E-state index contributed by atoms with van der Waals surface area (Å²) in [5, 5.41) is 3.56. The van der Waals surface area contributed by atoms with Crippen LogP contribution in [0.25, 0.3) is 0 Å². The minimum Gasteiger partial charge on any atom is -0.315 e. The fourth-order valence-electron chi connectivity index (χ4n) is 4.40. The third-order valence-electron chi connectivity index (χ3n) is 5.37. The van der Waals surface area contributed by atoms with Crippen molar-refractivity contribution in [2.24, 2.45) is 0 Å². The van der Waals surface area contributed by atoms with E-state index in [1.54, 1.807) is 5.56 Å². The second-order valence-corrected chi connectivity index (χ2v) is 6.75. The maximum atomic E-state index is 3.56. The van der Waals surface area contributed by atoms with Gasteiger partial charge in [0.25, 0.3) is 0 Å². The van der Waals surface area contributed by atoms with Crippen LogP contribution < -0.4 is 5.32 Å². The SMILES string of the molecule is CCCN(C1CCNC1)C1CCCCC1c1ccccc1. The fourth-order valence-corrected chi connectivity index (χ4v) is 4.40. The van der Waals surface area contributed by atoms with Gasteiger partial charge in [-0.1, -0.05) is 50.1 Å². The zero-order chi connectivity index (χ0) is 14.5. The van der Waals surface area contributed by atoms with Crippen LogP contribution in [0, 0.1) is 0 Å². The van der Waals surface area contributed by atoms with E-state index < -0.39 is 0 Å². The van der Waals surface area contributed by atoms with E-state index in [-0.39, 0.29) is 0 Å². The van der Waals surface area contributed by atoms with Crippen LogP contribution in [0.2, 0.25) is 0 Å². The molecule has 0 amide bonds. The lowest BCUT2D eigenvalue weighted by Crippen LogP contribution is -2.48. The van der Waals surface area contributed by atoms with E-state index in [9.17, 15) is 0 Å². The first-order valence-electron chi connectivity index (χ1n) is 8.91. The Morgan fingerprint density at radius 1 is 1.10 bits per heavy atom. The number of nitrogens with one attached hydrogen (secondary N) is 1. The summed E-state index contributed by atoms with van der Waals surface area (Å²) in [4.78, 5) is 2.86. The molecule has 0 aromatic heterocycles. The maximum absolute atomic E-state index is 3.56. The van der Waals surface area contributed by atoms with Crippen molar-refractivity contribution in [1.82, 2.24) is 10.2 Å². The number of benzene rings is 1. The molecule has 21 heavy (non-hydrogen) atoms. The Morgan fingerprint density at radius 2 is 1.90 bits per heavy atom. The number of hydrogen-bond donors (Lipinski definition) is 1. The van der Waals surface area contributed by atoms with Crippen LogP contribution >= 0.6 is 0 Å². The molecule has 1 N–H and O–H groups in total. The molecule has 0 bridgehead atoms. The minimum absolute atomic E-state index is 0.743. The van der Waals surface area contributed by atoms with Gasteiger partial charge in [0.05, 0.1) is 0 Å². The zero-order valence-corrected chi connectivity index (χ0v) is 13.4. The van der Waals surface area contributed by atoms with Crippen molar-refractivity contribution in [3.63, 3.8) is 0 Å². The Morgan fingerprint density at radius 3 is 2.62 bits per heavy atom. The monoisotopic (exact) mass is 286 g/mol. The summed E-state index contributed by atoms with van der Waals surface area (Å²) >= 11 is 0. The number of hydrogen-bond acceptors (Lipinski definition) is 2. The molecule has 2 nitrogen and oxygen atoms in total. The van der Waals surface area contributed by atoms with Gasteiger partial charge in [-0.2, -0.15) is 0 Å². The van der Waals surface area contributed by atoms with E-state index >= 15 is 0 Å². The summed E-state index contributed by atoms with van der Waals surface area (Å²) in [6.45, 7) is 5.99. The Labute approximate surface area is 129 Å². The molecule has 1 aromatic rings.